The van der Waals surface area contributed by atoms with Crippen LogP contribution in [0.4, 0.5) is 0 Å². The molecule has 0 radical (unpaired) electrons. The van der Waals surface area contributed by atoms with Crippen LogP contribution in [0.2, 0.25) is 0 Å². The first-order valence-electron chi connectivity index (χ1n) is 11.4. The summed E-state index contributed by atoms with van der Waals surface area (Å²) in [5.41, 5.74) is 0.968. The molecular formula is C23H30N6O3. The summed E-state index contributed by atoms with van der Waals surface area (Å²) in [5.74, 6) is 2.72. The molecule has 1 aromatic carbocycles. The number of rotatable bonds is 5. The monoisotopic (exact) mass is 438 g/mol. The van der Waals surface area contributed by atoms with Crippen molar-refractivity contribution in [3.05, 3.63) is 39.9 Å². The highest BCUT2D eigenvalue weighted by Crippen LogP contribution is 2.37. The molecule has 9 heteroatoms. The van der Waals surface area contributed by atoms with Crippen molar-refractivity contribution in [2.75, 3.05) is 19.9 Å². The zero-order chi connectivity index (χ0) is 22.5. The van der Waals surface area contributed by atoms with Crippen LogP contribution in [0.15, 0.2) is 23.0 Å². The second kappa shape index (κ2) is 7.88. The van der Waals surface area contributed by atoms with Crippen LogP contribution in [0.25, 0.3) is 10.9 Å². The predicted molar refractivity (Wildman–Crippen MR) is 120 cm³/mol. The van der Waals surface area contributed by atoms with Crippen molar-refractivity contribution in [2.24, 2.45) is 5.92 Å². The molecule has 5 rings (SSSR count). The number of likely N-dealkylation sites (tertiary alicyclic amines) is 1. The Morgan fingerprint density at radius 1 is 1.19 bits per heavy atom. The molecule has 0 bridgehead atoms. The molecule has 2 aliphatic heterocycles. The summed E-state index contributed by atoms with van der Waals surface area (Å²) in [6.45, 7) is 10.6. The zero-order valence-electron chi connectivity index (χ0n) is 19.1. The predicted octanol–water partition coefficient (Wildman–Crippen LogP) is 3.21. The number of benzene rings is 1. The van der Waals surface area contributed by atoms with E-state index in [-0.39, 0.29) is 23.9 Å². The van der Waals surface area contributed by atoms with Gasteiger partial charge in [0.05, 0.1) is 11.1 Å². The number of hydrogen-bond donors (Lipinski definition) is 1. The molecule has 0 amide bonds. The third-order valence-electron chi connectivity index (χ3n) is 7.02. The maximum atomic E-state index is 13.4. The summed E-state index contributed by atoms with van der Waals surface area (Å²) in [6, 6.07) is 5.37. The van der Waals surface area contributed by atoms with Crippen LogP contribution in [0.1, 0.15) is 64.4 Å². The van der Waals surface area contributed by atoms with Crippen LogP contribution in [0, 0.1) is 5.92 Å². The second-order valence-corrected chi connectivity index (χ2v) is 9.58. The first-order valence-corrected chi connectivity index (χ1v) is 11.4. The molecule has 1 saturated heterocycles. The smallest absolute Gasteiger partial charge is 0.253 e. The third-order valence-corrected chi connectivity index (χ3v) is 7.02. The lowest BCUT2D eigenvalue weighted by Crippen LogP contribution is -2.41. The van der Waals surface area contributed by atoms with Crippen LogP contribution in [-0.2, 0) is 5.54 Å². The normalized spacial score (nSPS) is 18.4. The van der Waals surface area contributed by atoms with Crippen molar-refractivity contribution >= 4 is 10.9 Å². The summed E-state index contributed by atoms with van der Waals surface area (Å²) >= 11 is 0. The first kappa shape index (κ1) is 20.9. The molecule has 0 unspecified atom stereocenters. The van der Waals surface area contributed by atoms with Gasteiger partial charge in [-0.15, -0.1) is 5.10 Å². The Labute approximate surface area is 186 Å². The number of pyridine rings is 1. The van der Waals surface area contributed by atoms with Gasteiger partial charge in [0, 0.05) is 17.0 Å². The minimum Gasteiger partial charge on any atom is -0.454 e. The van der Waals surface area contributed by atoms with Gasteiger partial charge in [-0.3, -0.25) is 9.69 Å². The Hall–Kier alpha value is -2.94. The average Bonchev–Trinajstić information content (AvgIpc) is 3.44. The largest absolute Gasteiger partial charge is 0.454 e. The Bertz CT molecular complexity index is 1190. The van der Waals surface area contributed by atoms with Gasteiger partial charge in [0.15, 0.2) is 17.3 Å². The van der Waals surface area contributed by atoms with E-state index in [2.05, 4.69) is 53.1 Å². The fourth-order valence-electron chi connectivity index (χ4n) is 4.55. The number of aromatic amines is 1. The molecule has 3 aromatic rings. The van der Waals surface area contributed by atoms with E-state index in [1.165, 1.54) is 0 Å². The van der Waals surface area contributed by atoms with Crippen molar-refractivity contribution < 1.29 is 9.47 Å². The van der Waals surface area contributed by atoms with Crippen molar-refractivity contribution in [3.63, 3.8) is 0 Å². The zero-order valence-corrected chi connectivity index (χ0v) is 19.1. The van der Waals surface area contributed by atoms with E-state index in [1.54, 1.807) is 0 Å². The van der Waals surface area contributed by atoms with Crippen LogP contribution < -0.4 is 15.0 Å². The minimum absolute atomic E-state index is 0.135. The Balaban J connectivity index is 1.67. The lowest BCUT2D eigenvalue weighted by Gasteiger charge is -2.37. The highest BCUT2D eigenvalue weighted by molar-refractivity contribution is 5.83. The van der Waals surface area contributed by atoms with Crippen molar-refractivity contribution in [1.82, 2.24) is 30.1 Å². The highest BCUT2D eigenvalue weighted by atomic mass is 16.7. The van der Waals surface area contributed by atoms with Crippen LogP contribution in [0.3, 0.4) is 0 Å². The molecule has 32 heavy (non-hydrogen) atoms. The number of nitrogens with one attached hydrogen (secondary N) is 1. The van der Waals surface area contributed by atoms with Gasteiger partial charge < -0.3 is 14.5 Å². The van der Waals surface area contributed by atoms with Gasteiger partial charge >= 0.3 is 0 Å². The van der Waals surface area contributed by atoms with Crippen LogP contribution in [-0.4, -0.2) is 50.0 Å². The minimum atomic E-state index is -0.332. The van der Waals surface area contributed by atoms with Gasteiger partial charge in [0.25, 0.3) is 5.56 Å². The molecule has 0 saturated carbocycles. The van der Waals surface area contributed by atoms with Gasteiger partial charge in [-0.1, -0.05) is 13.8 Å². The number of H-pyrrole nitrogens is 1. The molecule has 1 atom stereocenters. The summed E-state index contributed by atoms with van der Waals surface area (Å²) in [4.78, 5) is 18.8. The Morgan fingerprint density at radius 3 is 2.62 bits per heavy atom. The third kappa shape index (κ3) is 3.54. The van der Waals surface area contributed by atoms with Crippen LogP contribution in [0.5, 0.6) is 11.5 Å². The Kier molecular flexibility index (Phi) is 5.16. The van der Waals surface area contributed by atoms with Crippen molar-refractivity contribution in [2.45, 2.75) is 58.5 Å². The molecule has 1 N–H and O–H groups in total. The fraction of sp³-hybridized carbons (Fsp3) is 0.565. The molecule has 0 aliphatic carbocycles. The van der Waals surface area contributed by atoms with Gasteiger partial charge in [-0.05, 0) is 74.7 Å². The maximum Gasteiger partial charge on any atom is 0.253 e. The number of piperidine rings is 1. The molecule has 1 fully saturated rings. The average molecular weight is 439 g/mol. The molecule has 4 heterocycles. The van der Waals surface area contributed by atoms with Gasteiger partial charge in [-0.25, -0.2) is 4.68 Å². The molecular weight excluding hydrogens is 408 g/mol. The lowest BCUT2D eigenvalue weighted by molar-refractivity contribution is 0.143. The number of ether oxygens (including phenoxy) is 2. The number of nitrogens with zero attached hydrogens (tertiary/aromatic N) is 5. The summed E-state index contributed by atoms with van der Waals surface area (Å²) in [6.07, 6.45) is 3.03. The van der Waals surface area contributed by atoms with Gasteiger partial charge in [0.2, 0.25) is 6.79 Å². The summed E-state index contributed by atoms with van der Waals surface area (Å²) in [5, 5.41) is 13.7. The second-order valence-electron chi connectivity index (χ2n) is 9.58. The SMILES string of the molecule is CCC(C)(C)n1nnnc1[C@@H](c1cc2cc3c(cc2[nH]c1=O)OCO3)N1CCC(C)CC1. The Morgan fingerprint density at radius 2 is 1.91 bits per heavy atom. The quantitative estimate of drug-likeness (QED) is 0.653. The van der Waals surface area contributed by atoms with E-state index >= 15 is 0 Å². The van der Waals surface area contributed by atoms with Crippen molar-refractivity contribution in [3.8, 4) is 11.5 Å². The van der Waals surface area contributed by atoms with E-state index in [0.717, 1.165) is 43.3 Å². The van der Waals surface area contributed by atoms with Gasteiger partial charge in [0.1, 0.15) is 6.04 Å². The van der Waals surface area contributed by atoms with E-state index in [0.29, 0.717) is 28.8 Å². The van der Waals surface area contributed by atoms with Gasteiger partial charge in [-0.2, -0.15) is 0 Å². The highest BCUT2D eigenvalue weighted by Gasteiger charge is 2.35. The first-order chi connectivity index (χ1) is 15.4. The number of aromatic nitrogens is 5. The number of tetrazole rings is 1. The van der Waals surface area contributed by atoms with Crippen LogP contribution >= 0.6 is 0 Å². The van der Waals surface area contributed by atoms with E-state index in [1.807, 2.05) is 22.9 Å². The topological polar surface area (TPSA) is 98.2 Å². The summed E-state index contributed by atoms with van der Waals surface area (Å²) < 4.78 is 12.9. The molecule has 2 aromatic heterocycles. The molecule has 2 aliphatic rings. The van der Waals surface area contributed by atoms with Crippen molar-refractivity contribution in [1.29, 1.82) is 0 Å². The lowest BCUT2D eigenvalue weighted by atomic mass is 9.94. The molecule has 0 spiro atoms. The molecule has 170 valence electrons. The number of hydrogen-bond acceptors (Lipinski definition) is 7. The van der Waals surface area contributed by atoms with E-state index < -0.39 is 0 Å². The van der Waals surface area contributed by atoms with E-state index in [4.69, 9.17) is 9.47 Å². The standard InChI is InChI=1S/C23H30N6O3/c1-5-23(3,4)29-21(25-26-27-29)20(28-8-6-14(2)7-9-28)16-10-15-11-18-19(32-13-31-18)12-17(15)24-22(16)30/h10-12,14,20H,5-9,13H2,1-4H3,(H,24,30)/t20-/m1/s1. The summed E-state index contributed by atoms with van der Waals surface area (Å²) in [7, 11) is 0. The number of fused-ring (bicyclic) bond motifs is 2. The van der Waals surface area contributed by atoms with E-state index in [9.17, 15) is 4.79 Å². The maximum absolute atomic E-state index is 13.4. The molecule has 9 nitrogen and oxygen atoms in total. The fourth-order valence-corrected chi connectivity index (χ4v) is 4.55.